The highest BCUT2D eigenvalue weighted by molar-refractivity contribution is 6.05. The van der Waals surface area contributed by atoms with Gasteiger partial charge < -0.3 is 15.4 Å². The number of anilines is 1. The Morgan fingerprint density at radius 2 is 2.05 bits per heavy atom. The maximum atomic E-state index is 14.2. The zero-order valence-electron chi connectivity index (χ0n) is 20.9. The first-order valence-electron chi connectivity index (χ1n) is 12.9. The Morgan fingerprint density at radius 3 is 2.78 bits per heavy atom. The van der Waals surface area contributed by atoms with Crippen LogP contribution in [-0.4, -0.2) is 56.5 Å². The second-order valence-electron chi connectivity index (χ2n) is 10.1. The van der Waals surface area contributed by atoms with Crippen LogP contribution in [0.25, 0.3) is 10.9 Å². The monoisotopic (exact) mass is 500 g/mol. The van der Waals surface area contributed by atoms with Crippen molar-refractivity contribution in [3.63, 3.8) is 0 Å². The number of aromatic nitrogens is 2. The molecule has 192 valence electrons. The summed E-state index contributed by atoms with van der Waals surface area (Å²) in [4.78, 5) is 38.5. The minimum Gasteiger partial charge on any atom is -0.391 e. The molecule has 9 heteroatoms. The number of likely N-dealkylation sites (tertiary alicyclic amines) is 1. The molecule has 0 bridgehead atoms. The lowest BCUT2D eigenvalue weighted by Crippen LogP contribution is -2.51. The number of benzene rings is 1. The lowest BCUT2D eigenvalue weighted by molar-refractivity contribution is -0.128. The summed E-state index contributed by atoms with van der Waals surface area (Å²) in [6.45, 7) is 2.05. The molecule has 1 saturated carbocycles. The Labute approximate surface area is 216 Å². The van der Waals surface area contributed by atoms with Crippen molar-refractivity contribution in [2.75, 3.05) is 11.4 Å². The van der Waals surface area contributed by atoms with E-state index in [1.54, 1.807) is 24.5 Å². The van der Waals surface area contributed by atoms with Crippen LogP contribution in [0.5, 0.6) is 0 Å². The number of amides is 2. The van der Waals surface area contributed by atoms with E-state index >= 15 is 0 Å². The highest BCUT2D eigenvalue weighted by Gasteiger charge is 2.43. The molecule has 3 aromatic rings. The van der Waals surface area contributed by atoms with Crippen molar-refractivity contribution in [3.8, 4) is 6.19 Å². The van der Waals surface area contributed by atoms with Gasteiger partial charge in [0.05, 0.1) is 12.6 Å². The number of nitrogens with one attached hydrogen (secondary N) is 2. The minimum absolute atomic E-state index is 0.0508. The van der Waals surface area contributed by atoms with Gasteiger partial charge in [0, 0.05) is 47.3 Å². The summed E-state index contributed by atoms with van der Waals surface area (Å²) in [6, 6.07) is 9.35. The Morgan fingerprint density at radius 1 is 1.24 bits per heavy atom. The van der Waals surface area contributed by atoms with E-state index in [4.69, 9.17) is 0 Å². The van der Waals surface area contributed by atoms with Crippen molar-refractivity contribution in [3.05, 3.63) is 60.0 Å². The van der Waals surface area contributed by atoms with Gasteiger partial charge in [0.2, 0.25) is 5.91 Å². The van der Waals surface area contributed by atoms with Gasteiger partial charge in [-0.3, -0.25) is 24.4 Å². The van der Waals surface area contributed by atoms with Gasteiger partial charge in [-0.1, -0.05) is 31.4 Å². The highest BCUT2D eigenvalue weighted by Crippen LogP contribution is 2.33. The fourth-order valence-corrected chi connectivity index (χ4v) is 5.61. The molecule has 3 atom stereocenters. The maximum Gasteiger partial charge on any atom is 0.251 e. The number of H-pyrrole nitrogens is 1. The molecule has 2 aromatic heterocycles. The number of aryl methyl sites for hydroxylation is 1. The van der Waals surface area contributed by atoms with E-state index in [1.165, 1.54) is 9.80 Å². The fraction of sp³-hybridized carbons (Fsp3) is 0.429. The van der Waals surface area contributed by atoms with Crippen molar-refractivity contribution < 1.29 is 14.7 Å². The number of nitrogens with zero attached hydrogens (tertiary/aromatic N) is 4. The van der Waals surface area contributed by atoms with Gasteiger partial charge in [-0.2, -0.15) is 5.26 Å². The summed E-state index contributed by atoms with van der Waals surface area (Å²) < 4.78 is 0. The molecule has 3 heterocycles. The number of pyridine rings is 1. The standard InChI is InChI=1S/C28H32N6O3/c1-18-12-19-9-10-22(13-24(19)31-18)34(28(37)25-14-23(35)16-33(25)17-29)26(20-6-5-11-30-15-20)27(36)32-21-7-3-2-4-8-21/h5-6,9-13,15,21,23,25-26,31,35H,2-4,7-8,14,16H2,1H3,(H,32,36)/t23-,25-,26?/m1/s1. The Hall–Kier alpha value is -3.90. The van der Waals surface area contributed by atoms with Gasteiger partial charge in [0.25, 0.3) is 5.91 Å². The van der Waals surface area contributed by atoms with Crippen LogP contribution >= 0.6 is 0 Å². The van der Waals surface area contributed by atoms with Crippen LogP contribution in [0.15, 0.2) is 48.8 Å². The molecule has 0 spiro atoms. The normalized spacial score (nSPS) is 20.9. The van der Waals surface area contributed by atoms with Crippen molar-refractivity contribution in [2.24, 2.45) is 0 Å². The number of hydrogen-bond acceptors (Lipinski definition) is 6. The molecule has 2 aliphatic rings. The first kappa shape index (κ1) is 24.8. The van der Waals surface area contributed by atoms with Crippen molar-refractivity contribution in [1.29, 1.82) is 5.26 Å². The molecule has 1 unspecified atom stereocenters. The Bertz CT molecular complexity index is 1310. The Kier molecular flexibility index (Phi) is 7.10. The van der Waals surface area contributed by atoms with E-state index in [-0.39, 0.29) is 24.9 Å². The number of β-amino-alcohol motifs (C(OH)–C–C–N with tert-alkyl or cyclic N) is 1. The summed E-state index contributed by atoms with van der Waals surface area (Å²) in [5.74, 6) is -0.688. The smallest absolute Gasteiger partial charge is 0.251 e. The van der Waals surface area contributed by atoms with Gasteiger partial charge in [0.15, 0.2) is 6.19 Å². The molecule has 37 heavy (non-hydrogen) atoms. The molecule has 1 aliphatic heterocycles. The molecule has 3 N–H and O–H groups in total. The average Bonchev–Trinajstić information content (AvgIpc) is 3.48. The quantitative estimate of drug-likeness (QED) is 0.446. The van der Waals surface area contributed by atoms with Gasteiger partial charge in [0.1, 0.15) is 12.1 Å². The third kappa shape index (κ3) is 5.16. The molecule has 1 aliphatic carbocycles. The molecule has 2 amide bonds. The second kappa shape index (κ2) is 10.6. The number of aliphatic hydroxyl groups excluding tert-OH is 1. The summed E-state index contributed by atoms with van der Waals surface area (Å²) in [7, 11) is 0. The molecule has 5 rings (SSSR count). The first-order chi connectivity index (χ1) is 17.9. The van der Waals surface area contributed by atoms with E-state index in [1.807, 2.05) is 37.4 Å². The fourth-order valence-electron chi connectivity index (χ4n) is 5.61. The van der Waals surface area contributed by atoms with Crippen molar-refractivity contribution in [1.82, 2.24) is 20.2 Å². The summed E-state index contributed by atoms with van der Waals surface area (Å²) in [5, 5.41) is 24.1. The summed E-state index contributed by atoms with van der Waals surface area (Å²) >= 11 is 0. The molecule has 0 radical (unpaired) electrons. The van der Waals surface area contributed by atoms with Crippen LogP contribution in [0.1, 0.15) is 55.8 Å². The van der Waals surface area contributed by atoms with E-state index in [0.29, 0.717) is 11.3 Å². The van der Waals surface area contributed by atoms with Crippen LogP contribution in [-0.2, 0) is 9.59 Å². The molecule has 2 fully saturated rings. The SMILES string of the molecule is Cc1cc2ccc(N(C(=O)[C@H]3C[C@@H](O)CN3C#N)C(C(=O)NC3CCCCC3)c3cccnc3)cc2[nH]1. The number of carbonyl (C=O) groups excluding carboxylic acids is 2. The third-order valence-corrected chi connectivity index (χ3v) is 7.41. The number of fused-ring (bicyclic) bond motifs is 1. The number of nitriles is 1. The third-order valence-electron chi connectivity index (χ3n) is 7.41. The highest BCUT2D eigenvalue weighted by atomic mass is 16.3. The maximum absolute atomic E-state index is 14.2. The lowest BCUT2D eigenvalue weighted by Gasteiger charge is -2.35. The number of hydrogen-bond donors (Lipinski definition) is 3. The largest absolute Gasteiger partial charge is 0.391 e. The molecule has 9 nitrogen and oxygen atoms in total. The number of carbonyl (C=O) groups is 2. The van der Waals surface area contributed by atoms with Gasteiger partial charge in [-0.15, -0.1) is 0 Å². The van der Waals surface area contributed by atoms with Crippen LogP contribution in [0.2, 0.25) is 0 Å². The summed E-state index contributed by atoms with van der Waals surface area (Å²) in [5.41, 5.74) is 2.94. The van der Waals surface area contributed by atoms with E-state index in [2.05, 4.69) is 15.3 Å². The van der Waals surface area contributed by atoms with Crippen LogP contribution in [0.4, 0.5) is 5.69 Å². The minimum atomic E-state index is -0.991. The zero-order valence-corrected chi connectivity index (χ0v) is 20.9. The number of aliphatic hydroxyl groups is 1. The number of aromatic amines is 1. The molecule has 1 saturated heterocycles. The van der Waals surface area contributed by atoms with Crippen molar-refractivity contribution in [2.45, 2.75) is 69.7 Å². The Balaban J connectivity index is 1.60. The molecular weight excluding hydrogens is 468 g/mol. The van der Waals surface area contributed by atoms with E-state index < -0.39 is 24.1 Å². The van der Waals surface area contributed by atoms with Crippen LogP contribution in [0.3, 0.4) is 0 Å². The predicted molar refractivity (Wildman–Crippen MR) is 139 cm³/mol. The van der Waals surface area contributed by atoms with E-state index in [0.717, 1.165) is 48.7 Å². The van der Waals surface area contributed by atoms with Crippen LogP contribution < -0.4 is 10.2 Å². The average molecular weight is 501 g/mol. The molecule has 1 aromatic carbocycles. The van der Waals surface area contributed by atoms with Gasteiger partial charge in [-0.25, -0.2) is 0 Å². The zero-order chi connectivity index (χ0) is 25.9. The predicted octanol–water partition coefficient (Wildman–Crippen LogP) is 3.31. The second-order valence-corrected chi connectivity index (χ2v) is 10.1. The lowest BCUT2D eigenvalue weighted by atomic mass is 9.94. The van der Waals surface area contributed by atoms with Gasteiger partial charge in [-0.05, 0) is 49.4 Å². The number of rotatable bonds is 6. The van der Waals surface area contributed by atoms with Crippen LogP contribution in [0, 0.1) is 18.4 Å². The van der Waals surface area contributed by atoms with E-state index in [9.17, 15) is 20.0 Å². The topological polar surface area (TPSA) is 125 Å². The summed E-state index contributed by atoms with van der Waals surface area (Å²) in [6.07, 6.45) is 9.70. The molecular formula is C28H32N6O3. The van der Waals surface area contributed by atoms with Gasteiger partial charge >= 0.3 is 0 Å². The first-order valence-corrected chi connectivity index (χ1v) is 12.9. The van der Waals surface area contributed by atoms with Crippen molar-refractivity contribution >= 4 is 28.4 Å².